The minimum atomic E-state index is -3.36. The number of hydrogen-bond acceptors (Lipinski definition) is 5. The molecule has 1 aromatic rings. The number of nitrogens with one attached hydrogen (secondary N) is 2. The van der Waals surface area contributed by atoms with Crippen LogP contribution >= 0.6 is 0 Å². The van der Waals surface area contributed by atoms with E-state index in [9.17, 15) is 13.2 Å². The third kappa shape index (κ3) is 4.10. The highest BCUT2D eigenvalue weighted by Gasteiger charge is 2.18. The van der Waals surface area contributed by atoms with Gasteiger partial charge in [-0.25, -0.2) is 13.1 Å². The number of amides is 1. The number of benzene rings is 1. The molecule has 0 fully saturated rings. The zero-order valence-corrected chi connectivity index (χ0v) is 12.4. The van der Waals surface area contributed by atoms with Gasteiger partial charge >= 0.3 is 0 Å². The van der Waals surface area contributed by atoms with Gasteiger partial charge in [-0.05, 0) is 19.2 Å². The lowest BCUT2D eigenvalue weighted by Crippen LogP contribution is -2.33. The molecule has 0 saturated carbocycles. The number of methoxy groups -OCH3 is 2. The van der Waals surface area contributed by atoms with Crippen LogP contribution in [0.4, 0.5) is 0 Å². The summed E-state index contributed by atoms with van der Waals surface area (Å²) >= 11 is 0. The van der Waals surface area contributed by atoms with E-state index >= 15 is 0 Å². The largest absolute Gasteiger partial charge is 0.496 e. The van der Waals surface area contributed by atoms with Crippen molar-refractivity contribution in [2.45, 2.75) is 0 Å². The average Bonchev–Trinajstić information content (AvgIpc) is 2.45. The molecule has 0 spiro atoms. The highest BCUT2D eigenvalue weighted by molar-refractivity contribution is 7.89. The fourth-order valence-electron chi connectivity index (χ4n) is 1.56. The molecule has 1 aromatic carbocycles. The monoisotopic (exact) mass is 302 g/mol. The molecule has 0 unspecified atom stereocenters. The molecule has 20 heavy (non-hydrogen) atoms. The van der Waals surface area contributed by atoms with Crippen molar-refractivity contribution in [3.05, 3.63) is 23.8 Å². The molecule has 0 saturated heterocycles. The summed E-state index contributed by atoms with van der Waals surface area (Å²) in [7, 11) is 0.847. The van der Waals surface area contributed by atoms with Gasteiger partial charge in [0, 0.05) is 6.54 Å². The van der Waals surface area contributed by atoms with Crippen LogP contribution in [0.3, 0.4) is 0 Å². The molecule has 8 heteroatoms. The van der Waals surface area contributed by atoms with Gasteiger partial charge in [-0.1, -0.05) is 6.07 Å². The maximum Gasteiger partial charge on any atom is 0.258 e. The first kappa shape index (κ1) is 16.3. The van der Waals surface area contributed by atoms with Crippen LogP contribution in [-0.4, -0.2) is 47.9 Å². The smallest absolute Gasteiger partial charge is 0.258 e. The molecule has 0 aliphatic carbocycles. The van der Waals surface area contributed by atoms with E-state index < -0.39 is 15.9 Å². The van der Waals surface area contributed by atoms with E-state index in [0.29, 0.717) is 11.5 Å². The van der Waals surface area contributed by atoms with Gasteiger partial charge in [0.2, 0.25) is 10.0 Å². The Morgan fingerprint density at radius 3 is 2.20 bits per heavy atom. The molecular formula is C12H18N2O5S. The summed E-state index contributed by atoms with van der Waals surface area (Å²) in [5, 5.41) is 2.52. The fourth-order valence-corrected chi connectivity index (χ4v) is 2.14. The summed E-state index contributed by atoms with van der Waals surface area (Å²) in [4.78, 5) is 12.1. The second-order valence-electron chi connectivity index (χ2n) is 3.82. The summed E-state index contributed by atoms with van der Waals surface area (Å²) in [6.07, 6.45) is 0. The lowest BCUT2D eigenvalue weighted by atomic mass is 10.1. The molecular weight excluding hydrogens is 284 g/mol. The lowest BCUT2D eigenvalue weighted by Gasteiger charge is -2.12. The molecule has 1 amide bonds. The van der Waals surface area contributed by atoms with E-state index in [1.165, 1.54) is 21.3 Å². The van der Waals surface area contributed by atoms with Crippen LogP contribution in [0.5, 0.6) is 11.5 Å². The summed E-state index contributed by atoms with van der Waals surface area (Å²) in [5.41, 5.74) is 0.236. The topological polar surface area (TPSA) is 93.7 Å². The Bertz CT molecular complexity index is 549. The maximum atomic E-state index is 12.1. The van der Waals surface area contributed by atoms with E-state index in [-0.39, 0.29) is 17.9 Å². The zero-order valence-electron chi connectivity index (χ0n) is 11.6. The molecule has 0 radical (unpaired) electrons. The highest BCUT2D eigenvalue weighted by atomic mass is 32.2. The van der Waals surface area contributed by atoms with Crippen LogP contribution in [0.25, 0.3) is 0 Å². The third-order valence-corrected chi connectivity index (χ3v) is 3.99. The Balaban J connectivity index is 2.82. The Kier molecular flexibility index (Phi) is 5.78. The Labute approximate surface area is 118 Å². The van der Waals surface area contributed by atoms with Crippen molar-refractivity contribution in [1.82, 2.24) is 10.0 Å². The standard InChI is InChI=1S/C12H18N2O5S/c1-13-20(16,17)8-7-14-12(15)11-9(18-2)5-4-6-10(11)19-3/h4-6,13H,7-8H2,1-3H3,(H,14,15). The molecule has 112 valence electrons. The Morgan fingerprint density at radius 2 is 1.75 bits per heavy atom. The van der Waals surface area contributed by atoms with E-state index in [1.807, 2.05) is 0 Å². The molecule has 0 atom stereocenters. The number of rotatable bonds is 7. The van der Waals surface area contributed by atoms with Crippen LogP contribution in [0.15, 0.2) is 18.2 Å². The normalized spacial score (nSPS) is 10.9. The second-order valence-corrected chi connectivity index (χ2v) is 5.86. The molecule has 0 heterocycles. The van der Waals surface area contributed by atoms with Gasteiger partial charge in [0.05, 0.1) is 20.0 Å². The highest BCUT2D eigenvalue weighted by Crippen LogP contribution is 2.27. The number of ether oxygens (including phenoxy) is 2. The van der Waals surface area contributed by atoms with Crippen molar-refractivity contribution in [1.29, 1.82) is 0 Å². The van der Waals surface area contributed by atoms with E-state index in [1.54, 1.807) is 18.2 Å². The molecule has 2 N–H and O–H groups in total. The van der Waals surface area contributed by atoms with Crippen LogP contribution in [-0.2, 0) is 10.0 Å². The number of carbonyl (C=O) groups excluding carboxylic acids is 1. The molecule has 7 nitrogen and oxygen atoms in total. The maximum absolute atomic E-state index is 12.1. The molecule has 0 aromatic heterocycles. The van der Waals surface area contributed by atoms with Crippen LogP contribution in [0.2, 0.25) is 0 Å². The van der Waals surface area contributed by atoms with Crippen molar-refractivity contribution in [2.24, 2.45) is 0 Å². The minimum Gasteiger partial charge on any atom is -0.496 e. The molecule has 0 aliphatic heterocycles. The quantitative estimate of drug-likeness (QED) is 0.738. The van der Waals surface area contributed by atoms with Crippen molar-refractivity contribution >= 4 is 15.9 Å². The van der Waals surface area contributed by atoms with E-state index in [4.69, 9.17) is 9.47 Å². The van der Waals surface area contributed by atoms with E-state index in [2.05, 4.69) is 10.0 Å². The van der Waals surface area contributed by atoms with Gasteiger partial charge in [0.25, 0.3) is 5.91 Å². The molecule has 0 bridgehead atoms. The first-order chi connectivity index (χ1) is 9.45. The SMILES string of the molecule is CNS(=O)(=O)CCNC(=O)c1c(OC)cccc1OC. The lowest BCUT2D eigenvalue weighted by molar-refractivity contribution is 0.0950. The van der Waals surface area contributed by atoms with Crippen LogP contribution in [0, 0.1) is 0 Å². The fraction of sp³-hybridized carbons (Fsp3) is 0.417. The number of hydrogen-bond donors (Lipinski definition) is 2. The first-order valence-electron chi connectivity index (χ1n) is 5.85. The minimum absolute atomic E-state index is 0.0107. The predicted molar refractivity (Wildman–Crippen MR) is 74.7 cm³/mol. The summed E-state index contributed by atoms with van der Waals surface area (Å²) in [5.74, 6) is 0.0643. The predicted octanol–water partition coefficient (Wildman–Crippen LogP) is -0.0172. The van der Waals surface area contributed by atoms with Crippen LogP contribution in [0.1, 0.15) is 10.4 Å². The van der Waals surface area contributed by atoms with E-state index in [0.717, 1.165) is 0 Å². The third-order valence-electron chi connectivity index (χ3n) is 2.62. The number of sulfonamides is 1. The summed E-state index contributed by atoms with van der Waals surface area (Å²) < 4.78 is 34.9. The Hall–Kier alpha value is -1.80. The van der Waals surface area contributed by atoms with Crippen molar-refractivity contribution < 1.29 is 22.7 Å². The van der Waals surface area contributed by atoms with Crippen molar-refractivity contribution in [2.75, 3.05) is 33.6 Å². The van der Waals surface area contributed by atoms with Gasteiger partial charge in [-0.15, -0.1) is 0 Å². The number of carbonyl (C=O) groups is 1. The molecule has 0 aliphatic rings. The van der Waals surface area contributed by atoms with Gasteiger partial charge in [-0.2, -0.15) is 0 Å². The van der Waals surface area contributed by atoms with Crippen molar-refractivity contribution in [3.63, 3.8) is 0 Å². The van der Waals surface area contributed by atoms with Gasteiger partial charge in [0.1, 0.15) is 17.1 Å². The van der Waals surface area contributed by atoms with Crippen molar-refractivity contribution in [3.8, 4) is 11.5 Å². The van der Waals surface area contributed by atoms with Crippen LogP contribution < -0.4 is 19.5 Å². The Morgan fingerprint density at radius 1 is 1.20 bits per heavy atom. The molecule has 1 rings (SSSR count). The summed E-state index contributed by atoms with van der Waals surface area (Å²) in [6, 6.07) is 4.95. The van der Waals surface area contributed by atoms with Gasteiger partial charge in [-0.3, -0.25) is 4.79 Å². The zero-order chi connectivity index (χ0) is 15.2. The average molecular weight is 302 g/mol. The first-order valence-corrected chi connectivity index (χ1v) is 7.50. The second kappa shape index (κ2) is 7.11. The summed E-state index contributed by atoms with van der Waals surface area (Å²) in [6.45, 7) is -0.0107. The van der Waals surface area contributed by atoms with Gasteiger partial charge in [0.15, 0.2) is 0 Å². The van der Waals surface area contributed by atoms with Gasteiger partial charge < -0.3 is 14.8 Å².